The van der Waals surface area contributed by atoms with Crippen LogP contribution in [0.3, 0.4) is 0 Å². The normalized spacial score (nSPS) is 13.2. The number of carbonyl (C=O) groups excluding carboxylic acids is 2. The van der Waals surface area contributed by atoms with Gasteiger partial charge in [0.25, 0.3) is 15.9 Å². The SMILES string of the molecule is C=CCNc1nc(C(=O)OCC(=O)Nc2cccc(S(=O)(=O)NC3=NCCC3)c2)cs1. The number of amidine groups is 1. The number of benzene rings is 1. The van der Waals surface area contributed by atoms with E-state index in [2.05, 4.69) is 31.9 Å². The maximum absolute atomic E-state index is 12.5. The van der Waals surface area contributed by atoms with E-state index in [1.54, 1.807) is 6.08 Å². The van der Waals surface area contributed by atoms with Crippen molar-refractivity contribution in [1.82, 2.24) is 9.71 Å². The molecule has 1 aliphatic heterocycles. The number of esters is 1. The van der Waals surface area contributed by atoms with Gasteiger partial charge in [-0.1, -0.05) is 12.1 Å². The van der Waals surface area contributed by atoms with Crippen LogP contribution in [-0.4, -0.2) is 50.8 Å². The van der Waals surface area contributed by atoms with Gasteiger partial charge in [0, 0.05) is 30.6 Å². The van der Waals surface area contributed by atoms with Crippen LogP contribution in [0, 0.1) is 0 Å². The summed E-state index contributed by atoms with van der Waals surface area (Å²) in [6.45, 7) is 4.14. The summed E-state index contributed by atoms with van der Waals surface area (Å²) < 4.78 is 32.4. The highest BCUT2D eigenvalue weighted by Crippen LogP contribution is 2.17. The summed E-state index contributed by atoms with van der Waals surface area (Å²) >= 11 is 1.23. The minimum Gasteiger partial charge on any atom is -0.451 e. The fourth-order valence-electron chi connectivity index (χ4n) is 2.59. The maximum Gasteiger partial charge on any atom is 0.358 e. The smallest absolute Gasteiger partial charge is 0.358 e. The molecule has 0 spiro atoms. The van der Waals surface area contributed by atoms with E-state index < -0.39 is 28.5 Å². The number of carbonyl (C=O) groups is 2. The van der Waals surface area contributed by atoms with Gasteiger partial charge in [-0.15, -0.1) is 17.9 Å². The Morgan fingerprint density at radius 2 is 2.16 bits per heavy atom. The van der Waals surface area contributed by atoms with Crippen molar-refractivity contribution >= 4 is 49.9 Å². The Morgan fingerprint density at radius 3 is 2.90 bits per heavy atom. The van der Waals surface area contributed by atoms with Crippen LogP contribution in [-0.2, 0) is 19.6 Å². The van der Waals surface area contributed by atoms with Crippen molar-refractivity contribution in [3.63, 3.8) is 0 Å². The second kappa shape index (κ2) is 10.2. The molecule has 0 aliphatic carbocycles. The number of sulfonamides is 1. The van der Waals surface area contributed by atoms with Crippen LogP contribution in [0.25, 0.3) is 0 Å². The van der Waals surface area contributed by atoms with Crippen molar-refractivity contribution in [2.24, 2.45) is 4.99 Å². The van der Waals surface area contributed by atoms with E-state index in [1.165, 1.54) is 41.0 Å². The zero-order valence-corrected chi connectivity index (χ0v) is 18.1. The van der Waals surface area contributed by atoms with E-state index in [0.29, 0.717) is 30.5 Å². The zero-order valence-electron chi connectivity index (χ0n) is 16.5. The van der Waals surface area contributed by atoms with Crippen molar-refractivity contribution in [1.29, 1.82) is 0 Å². The monoisotopic (exact) mass is 463 g/mol. The van der Waals surface area contributed by atoms with Gasteiger partial charge < -0.3 is 15.4 Å². The summed E-state index contributed by atoms with van der Waals surface area (Å²) in [4.78, 5) is 32.3. The number of rotatable bonds is 9. The first-order chi connectivity index (χ1) is 14.9. The number of hydrogen-bond donors (Lipinski definition) is 3. The highest BCUT2D eigenvalue weighted by molar-refractivity contribution is 7.90. The van der Waals surface area contributed by atoms with Gasteiger partial charge in [-0.3, -0.25) is 14.5 Å². The maximum atomic E-state index is 12.5. The molecule has 31 heavy (non-hydrogen) atoms. The van der Waals surface area contributed by atoms with Crippen LogP contribution < -0.4 is 15.4 Å². The Hall–Kier alpha value is -3.25. The number of aromatic nitrogens is 1. The van der Waals surface area contributed by atoms with Gasteiger partial charge in [0.15, 0.2) is 17.4 Å². The van der Waals surface area contributed by atoms with Gasteiger partial charge in [-0.25, -0.2) is 18.2 Å². The van der Waals surface area contributed by atoms with Gasteiger partial charge >= 0.3 is 5.97 Å². The molecule has 2 heterocycles. The topological polar surface area (TPSA) is 139 Å². The first-order valence-electron chi connectivity index (χ1n) is 9.31. The largest absolute Gasteiger partial charge is 0.451 e. The Kier molecular flexibility index (Phi) is 7.36. The molecule has 2 aromatic rings. The molecule has 1 aromatic heterocycles. The predicted molar refractivity (Wildman–Crippen MR) is 118 cm³/mol. The highest BCUT2D eigenvalue weighted by Gasteiger charge is 2.19. The quantitative estimate of drug-likeness (QED) is 0.382. The molecule has 0 fully saturated rings. The van der Waals surface area contributed by atoms with Crippen molar-refractivity contribution in [2.75, 3.05) is 30.3 Å². The van der Waals surface area contributed by atoms with E-state index in [9.17, 15) is 18.0 Å². The van der Waals surface area contributed by atoms with Crippen LogP contribution in [0.15, 0.2) is 52.2 Å². The first kappa shape index (κ1) is 22.4. The minimum atomic E-state index is -3.80. The summed E-state index contributed by atoms with van der Waals surface area (Å²) in [6.07, 6.45) is 3.04. The number of nitrogens with one attached hydrogen (secondary N) is 3. The van der Waals surface area contributed by atoms with Crippen LogP contribution in [0.1, 0.15) is 23.3 Å². The number of aliphatic imine (C=N–C) groups is 1. The Bertz CT molecular complexity index is 1110. The van der Waals surface area contributed by atoms with Crippen molar-refractivity contribution in [3.05, 3.63) is 48.0 Å². The second-order valence-electron chi connectivity index (χ2n) is 6.40. The number of anilines is 2. The molecule has 0 bridgehead atoms. The molecule has 1 amide bonds. The molecule has 0 saturated carbocycles. The summed E-state index contributed by atoms with van der Waals surface area (Å²) in [6, 6.07) is 5.76. The number of nitrogens with zero attached hydrogens (tertiary/aromatic N) is 2. The first-order valence-corrected chi connectivity index (χ1v) is 11.7. The van der Waals surface area contributed by atoms with Crippen LogP contribution >= 0.6 is 11.3 Å². The summed E-state index contributed by atoms with van der Waals surface area (Å²) in [5.74, 6) is -0.932. The Labute approximate surface area is 183 Å². The Balaban J connectivity index is 1.54. The number of hydrogen-bond acceptors (Lipinski definition) is 9. The molecule has 164 valence electrons. The molecule has 0 saturated heterocycles. The molecule has 0 atom stereocenters. The van der Waals surface area contributed by atoms with Crippen LogP contribution in [0.5, 0.6) is 0 Å². The standard InChI is InChI=1S/C19H21N5O5S2/c1-2-8-21-19-23-15(12-30-19)18(26)29-11-17(25)22-13-5-3-6-14(10-13)31(27,28)24-16-7-4-9-20-16/h2-3,5-6,10,12H,1,4,7-9,11H2,(H,20,24)(H,21,23)(H,22,25). The lowest BCUT2D eigenvalue weighted by molar-refractivity contribution is -0.119. The fourth-order valence-corrected chi connectivity index (χ4v) is 4.41. The summed E-state index contributed by atoms with van der Waals surface area (Å²) in [5, 5.41) is 7.51. The molecule has 1 aliphatic rings. The summed E-state index contributed by atoms with van der Waals surface area (Å²) in [5.41, 5.74) is 0.334. The van der Waals surface area contributed by atoms with Gasteiger partial charge in [-0.2, -0.15) is 0 Å². The van der Waals surface area contributed by atoms with E-state index >= 15 is 0 Å². The fraction of sp³-hybridized carbons (Fsp3) is 0.263. The predicted octanol–water partition coefficient (Wildman–Crippen LogP) is 2.01. The molecular formula is C19H21N5O5S2. The average molecular weight is 464 g/mol. The molecule has 12 heteroatoms. The number of amides is 1. The van der Waals surface area contributed by atoms with Crippen molar-refractivity contribution < 1.29 is 22.7 Å². The third-order valence-corrected chi connectivity index (χ3v) is 6.18. The lowest BCUT2D eigenvalue weighted by Crippen LogP contribution is -2.29. The molecule has 1 aromatic carbocycles. The van der Waals surface area contributed by atoms with Gasteiger partial charge in [0.05, 0.1) is 4.90 Å². The summed E-state index contributed by atoms with van der Waals surface area (Å²) in [7, 11) is -3.80. The molecule has 0 radical (unpaired) electrons. The van der Waals surface area contributed by atoms with E-state index in [1.807, 2.05) is 0 Å². The second-order valence-corrected chi connectivity index (χ2v) is 8.94. The Morgan fingerprint density at radius 1 is 1.32 bits per heavy atom. The lowest BCUT2D eigenvalue weighted by atomic mass is 10.3. The molecule has 3 rings (SSSR count). The number of thiazole rings is 1. The van der Waals surface area contributed by atoms with Crippen LogP contribution in [0.4, 0.5) is 10.8 Å². The molecule has 3 N–H and O–H groups in total. The van der Waals surface area contributed by atoms with Gasteiger partial charge in [0.2, 0.25) is 0 Å². The van der Waals surface area contributed by atoms with Crippen molar-refractivity contribution in [3.8, 4) is 0 Å². The van der Waals surface area contributed by atoms with E-state index in [4.69, 9.17) is 4.74 Å². The van der Waals surface area contributed by atoms with E-state index in [0.717, 1.165) is 6.42 Å². The van der Waals surface area contributed by atoms with E-state index in [-0.39, 0.29) is 16.3 Å². The third-order valence-electron chi connectivity index (χ3n) is 4.00. The van der Waals surface area contributed by atoms with Gasteiger partial charge in [0.1, 0.15) is 5.84 Å². The lowest BCUT2D eigenvalue weighted by Gasteiger charge is -2.10. The minimum absolute atomic E-state index is 0.0149. The molecule has 0 unspecified atom stereocenters. The third kappa shape index (κ3) is 6.36. The zero-order chi connectivity index (χ0) is 22.3. The van der Waals surface area contributed by atoms with Gasteiger partial charge in [-0.05, 0) is 24.6 Å². The molecule has 10 nitrogen and oxygen atoms in total. The van der Waals surface area contributed by atoms with Crippen LogP contribution in [0.2, 0.25) is 0 Å². The van der Waals surface area contributed by atoms with Crippen molar-refractivity contribution in [2.45, 2.75) is 17.7 Å². The highest BCUT2D eigenvalue weighted by atomic mass is 32.2. The average Bonchev–Trinajstić information content (AvgIpc) is 3.42. The number of ether oxygens (including phenoxy) is 1. The molecular weight excluding hydrogens is 442 g/mol.